The van der Waals surface area contributed by atoms with Gasteiger partial charge in [0.2, 0.25) is 0 Å². The molecule has 30 heavy (non-hydrogen) atoms. The molecule has 156 valence electrons. The van der Waals surface area contributed by atoms with Crippen molar-refractivity contribution in [3.8, 4) is 6.07 Å². The van der Waals surface area contributed by atoms with Crippen molar-refractivity contribution in [2.45, 2.75) is 11.8 Å². The normalized spacial score (nSPS) is 20.0. The molecule has 1 aliphatic rings. The highest BCUT2D eigenvalue weighted by Crippen LogP contribution is 2.50. The lowest BCUT2D eigenvalue weighted by molar-refractivity contribution is -0.476. The molecule has 1 aliphatic heterocycles. The van der Waals surface area contributed by atoms with E-state index in [2.05, 4.69) is 6.07 Å². The van der Waals surface area contributed by atoms with E-state index in [0.717, 1.165) is 5.56 Å². The Bertz CT molecular complexity index is 939. The fraction of sp³-hybridized carbons (Fsp3) is 0.292. The third-order valence-electron chi connectivity index (χ3n) is 5.21. The smallest absolute Gasteiger partial charge is 0.385 e. The maximum Gasteiger partial charge on any atom is 0.385 e. The van der Waals surface area contributed by atoms with Crippen LogP contribution in [0.5, 0.6) is 0 Å². The maximum atomic E-state index is 10.1. The zero-order valence-corrected chi connectivity index (χ0v) is 17.5. The van der Waals surface area contributed by atoms with Gasteiger partial charge in [-0.3, -0.25) is 0 Å². The number of nitriles is 1. The third-order valence-corrected chi connectivity index (χ3v) is 5.21. The Morgan fingerprint density at radius 1 is 0.867 bits per heavy atom. The lowest BCUT2D eigenvalue weighted by Gasteiger charge is -2.50. The number of hydrogen-bond donors (Lipinski definition) is 0. The number of hydrogen-bond acceptors (Lipinski definition) is 6. The van der Waals surface area contributed by atoms with Gasteiger partial charge < -0.3 is 23.7 Å². The van der Waals surface area contributed by atoms with Gasteiger partial charge in [0.15, 0.2) is 0 Å². The van der Waals surface area contributed by atoms with E-state index in [1.54, 1.807) is 0 Å². The number of benzene rings is 2. The fourth-order valence-electron chi connectivity index (χ4n) is 3.74. The van der Waals surface area contributed by atoms with E-state index >= 15 is 0 Å². The van der Waals surface area contributed by atoms with Crippen molar-refractivity contribution in [3.63, 3.8) is 0 Å². The van der Waals surface area contributed by atoms with Gasteiger partial charge in [0.1, 0.15) is 5.76 Å². The van der Waals surface area contributed by atoms with Crippen LogP contribution in [0.4, 0.5) is 0 Å². The molecule has 0 aliphatic carbocycles. The van der Waals surface area contributed by atoms with Crippen LogP contribution >= 0.6 is 0 Å². The minimum atomic E-state index is -1.76. The summed E-state index contributed by atoms with van der Waals surface area (Å²) in [6.45, 7) is 0. The molecule has 0 saturated carbocycles. The molecule has 0 spiro atoms. The van der Waals surface area contributed by atoms with Crippen molar-refractivity contribution in [1.82, 2.24) is 0 Å². The summed E-state index contributed by atoms with van der Waals surface area (Å²) in [5, 5.41) is 10.1. The quantitative estimate of drug-likeness (QED) is 0.640. The zero-order chi connectivity index (χ0) is 21.6. The summed E-state index contributed by atoms with van der Waals surface area (Å²) >= 11 is 0. The number of ether oxygens (including phenoxy) is 5. The van der Waals surface area contributed by atoms with Gasteiger partial charge in [0.05, 0.1) is 17.6 Å². The first-order chi connectivity index (χ1) is 14.6. The van der Waals surface area contributed by atoms with Crippen molar-refractivity contribution < 1.29 is 23.7 Å². The summed E-state index contributed by atoms with van der Waals surface area (Å²) in [7, 11) is 5.81. The van der Waals surface area contributed by atoms with Crippen LogP contribution in [0.2, 0.25) is 0 Å². The molecular weight excluding hydrogens is 382 g/mol. The molecule has 0 bridgehead atoms. The number of rotatable bonds is 7. The van der Waals surface area contributed by atoms with Crippen LogP contribution in [0.3, 0.4) is 0 Å². The molecule has 0 radical (unpaired) electrons. The molecule has 6 heteroatoms. The van der Waals surface area contributed by atoms with E-state index in [1.165, 1.54) is 28.4 Å². The van der Waals surface area contributed by atoms with Gasteiger partial charge in [-0.1, -0.05) is 72.8 Å². The summed E-state index contributed by atoms with van der Waals surface area (Å²) in [6.07, 6.45) is 3.75. The first-order valence-electron chi connectivity index (χ1n) is 9.44. The Morgan fingerprint density at radius 3 is 1.93 bits per heavy atom. The summed E-state index contributed by atoms with van der Waals surface area (Å²) in [5.74, 6) is -3.69. The Kier molecular flexibility index (Phi) is 6.70. The second-order valence-corrected chi connectivity index (χ2v) is 6.61. The molecule has 1 atom stereocenters. The topological polar surface area (TPSA) is 69.9 Å². The van der Waals surface area contributed by atoms with Crippen molar-refractivity contribution >= 4 is 11.8 Å². The molecule has 0 fully saturated rings. The fourth-order valence-corrected chi connectivity index (χ4v) is 3.74. The van der Waals surface area contributed by atoms with E-state index in [9.17, 15) is 5.26 Å². The van der Waals surface area contributed by atoms with Crippen LogP contribution in [-0.2, 0) is 23.7 Å². The lowest BCUT2D eigenvalue weighted by Crippen LogP contribution is -2.66. The van der Waals surface area contributed by atoms with E-state index in [1.807, 2.05) is 72.8 Å². The highest BCUT2D eigenvalue weighted by Gasteiger charge is 2.66. The Hall–Kier alpha value is -2.95. The molecule has 6 nitrogen and oxygen atoms in total. The van der Waals surface area contributed by atoms with Crippen molar-refractivity contribution in [1.29, 1.82) is 5.26 Å². The second-order valence-electron chi connectivity index (χ2n) is 6.61. The predicted molar refractivity (Wildman–Crippen MR) is 113 cm³/mol. The van der Waals surface area contributed by atoms with Crippen molar-refractivity contribution in [2.24, 2.45) is 5.92 Å². The molecule has 1 heterocycles. The average Bonchev–Trinajstić information content (AvgIpc) is 2.82. The molecular formula is C24H25NO5. The van der Waals surface area contributed by atoms with Gasteiger partial charge >= 0.3 is 5.97 Å². The van der Waals surface area contributed by atoms with Crippen LogP contribution in [-0.4, -0.2) is 40.2 Å². The molecule has 0 N–H and O–H groups in total. The zero-order valence-electron chi connectivity index (χ0n) is 17.5. The van der Waals surface area contributed by atoms with Crippen molar-refractivity contribution in [3.05, 3.63) is 83.4 Å². The molecule has 2 aromatic carbocycles. The standard InChI is InChI=1S/C24H25NO5/c1-26-23(27-2)21(16-15-18-11-7-5-8-12-18)20(17-25)22(19-13-9-6-10-14-19)30-24(23,28-3)29-4/h5-16,21H,1-4H3/b16-15+/t21-/m0/s1. The molecule has 2 aromatic rings. The van der Waals surface area contributed by atoms with Gasteiger partial charge in [-0.05, 0) is 5.56 Å². The summed E-state index contributed by atoms with van der Waals surface area (Å²) in [6, 6.07) is 21.4. The van der Waals surface area contributed by atoms with Gasteiger partial charge in [0, 0.05) is 34.0 Å². The van der Waals surface area contributed by atoms with E-state index < -0.39 is 17.7 Å². The number of methoxy groups -OCH3 is 4. The lowest BCUT2D eigenvalue weighted by atomic mass is 9.83. The molecule has 0 aromatic heterocycles. The van der Waals surface area contributed by atoms with Crippen LogP contribution in [0.15, 0.2) is 72.3 Å². The second kappa shape index (κ2) is 9.24. The largest absolute Gasteiger partial charge is 0.433 e. The monoisotopic (exact) mass is 407 g/mol. The van der Waals surface area contributed by atoms with Gasteiger partial charge in [-0.15, -0.1) is 0 Å². The van der Waals surface area contributed by atoms with E-state index in [4.69, 9.17) is 23.7 Å². The summed E-state index contributed by atoms with van der Waals surface area (Å²) < 4.78 is 29.2. The summed E-state index contributed by atoms with van der Waals surface area (Å²) in [5.41, 5.74) is 2.01. The SMILES string of the molecule is COC1(OC)OC(c2ccccc2)=C(C#N)[C@H](/C=C/c2ccccc2)C1(OC)OC. The highest BCUT2D eigenvalue weighted by atomic mass is 16.9. The molecule has 0 saturated heterocycles. The molecule has 0 amide bonds. The van der Waals surface area contributed by atoms with E-state index in [-0.39, 0.29) is 0 Å². The van der Waals surface area contributed by atoms with Gasteiger partial charge in [-0.2, -0.15) is 5.26 Å². The number of nitrogens with zero attached hydrogens (tertiary/aromatic N) is 1. The maximum absolute atomic E-state index is 10.1. The Labute approximate surface area is 176 Å². The average molecular weight is 407 g/mol. The van der Waals surface area contributed by atoms with E-state index in [0.29, 0.717) is 16.9 Å². The summed E-state index contributed by atoms with van der Waals surface area (Å²) in [4.78, 5) is 0. The van der Waals surface area contributed by atoms with Crippen LogP contribution < -0.4 is 0 Å². The predicted octanol–water partition coefficient (Wildman–Crippen LogP) is 4.22. The van der Waals surface area contributed by atoms with Crippen LogP contribution in [0, 0.1) is 17.2 Å². The van der Waals surface area contributed by atoms with Crippen molar-refractivity contribution in [2.75, 3.05) is 28.4 Å². The van der Waals surface area contributed by atoms with Gasteiger partial charge in [-0.25, -0.2) is 0 Å². The van der Waals surface area contributed by atoms with Crippen LogP contribution in [0.25, 0.3) is 11.8 Å². The first kappa shape index (κ1) is 21.8. The molecule has 3 rings (SSSR count). The van der Waals surface area contributed by atoms with Crippen LogP contribution in [0.1, 0.15) is 11.1 Å². The minimum Gasteiger partial charge on any atom is -0.433 e. The Morgan fingerprint density at radius 2 is 1.43 bits per heavy atom. The highest BCUT2D eigenvalue weighted by molar-refractivity contribution is 5.70. The minimum absolute atomic E-state index is 0.335. The molecule has 0 unspecified atom stereocenters. The Balaban J connectivity index is 2.27. The third kappa shape index (κ3) is 3.53. The first-order valence-corrected chi connectivity index (χ1v) is 9.44. The van der Waals surface area contributed by atoms with Gasteiger partial charge in [0.25, 0.3) is 5.79 Å².